The molecule has 0 fully saturated rings. The van der Waals surface area contributed by atoms with Gasteiger partial charge < -0.3 is 16.2 Å². The maximum absolute atomic E-state index is 11.1. The largest absolute Gasteiger partial charge is 0.478 e. The molecule has 0 saturated heterocycles. The van der Waals surface area contributed by atoms with Crippen molar-refractivity contribution in [2.45, 2.75) is 13.8 Å². The molecule has 19 heavy (non-hydrogen) atoms. The first-order valence-electron chi connectivity index (χ1n) is 5.95. The fraction of sp³-hybridized carbons (Fsp3) is 0.133. The van der Waals surface area contributed by atoms with Gasteiger partial charge in [0.25, 0.3) is 0 Å². The second-order valence-electron chi connectivity index (χ2n) is 4.50. The highest BCUT2D eigenvalue weighted by Crippen LogP contribution is 2.27. The van der Waals surface area contributed by atoms with Gasteiger partial charge in [0.15, 0.2) is 0 Å². The topological polar surface area (TPSA) is 75.3 Å². The Morgan fingerprint density at radius 1 is 1.16 bits per heavy atom. The van der Waals surface area contributed by atoms with Crippen LogP contribution in [0.25, 0.3) is 0 Å². The van der Waals surface area contributed by atoms with Crippen LogP contribution in [-0.2, 0) is 0 Å². The molecular formula is C15H16N2O2. The monoisotopic (exact) mass is 256 g/mol. The second-order valence-corrected chi connectivity index (χ2v) is 4.50. The number of anilines is 3. The lowest BCUT2D eigenvalue weighted by atomic mass is 10.1. The molecule has 4 heteroatoms. The van der Waals surface area contributed by atoms with Gasteiger partial charge >= 0.3 is 5.97 Å². The molecule has 2 rings (SSSR count). The molecule has 0 bridgehead atoms. The van der Waals surface area contributed by atoms with Gasteiger partial charge in [-0.2, -0.15) is 0 Å². The molecule has 0 atom stereocenters. The maximum Gasteiger partial charge on any atom is 0.336 e. The van der Waals surface area contributed by atoms with Gasteiger partial charge in [-0.15, -0.1) is 0 Å². The Hall–Kier alpha value is -2.49. The Labute approximate surface area is 111 Å². The highest BCUT2D eigenvalue weighted by molar-refractivity contribution is 5.92. The van der Waals surface area contributed by atoms with Gasteiger partial charge in [-0.3, -0.25) is 0 Å². The van der Waals surface area contributed by atoms with E-state index in [1.54, 1.807) is 19.1 Å². The first kappa shape index (κ1) is 13.0. The van der Waals surface area contributed by atoms with Crippen molar-refractivity contribution < 1.29 is 9.90 Å². The average molecular weight is 256 g/mol. The maximum atomic E-state index is 11.1. The number of rotatable bonds is 3. The zero-order valence-corrected chi connectivity index (χ0v) is 10.9. The van der Waals surface area contributed by atoms with Gasteiger partial charge in [0, 0.05) is 5.69 Å². The number of benzene rings is 2. The summed E-state index contributed by atoms with van der Waals surface area (Å²) in [5, 5.41) is 12.3. The van der Waals surface area contributed by atoms with Crippen molar-refractivity contribution in [3.8, 4) is 0 Å². The van der Waals surface area contributed by atoms with Crippen molar-refractivity contribution in [3.63, 3.8) is 0 Å². The predicted octanol–water partition coefficient (Wildman–Crippen LogP) is 3.33. The van der Waals surface area contributed by atoms with E-state index in [0.29, 0.717) is 11.3 Å². The summed E-state index contributed by atoms with van der Waals surface area (Å²) in [7, 11) is 0. The van der Waals surface area contributed by atoms with Gasteiger partial charge in [0.05, 0.1) is 16.9 Å². The number of aromatic carboxylic acids is 1. The third-order valence-electron chi connectivity index (χ3n) is 3.04. The molecule has 0 aliphatic rings. The van der Waals surface area contributed by atoms with Crippen LogP contribution in [0, 0.1) is 13.8 Å². The molecule has 0 aliphatic carbocycles. The first-order valence-corrected chi connectivity index (χ1v) is 5.95. The van der Waals surface area contributed by atoms with E-state index in [4.69, 9.17) is 10.8 Å². The molecular weight excluding hydrogens is 240 g/mol. The summed E-state index contributed by atoms with van der Waals surface area (Å²) in [6.07, 6.45) is 0. The van der Waals surface area contributed by atoms with E-state index < -0.39 is 5.97 Å². The molecule has 0 heterocycles. The van der Waals surface area contributed by atoms with E-state index in [1.165, 1.54) is 0 Å². The molecule has 0 radical (unpaired) electrons. The number of aryl methyl sites for hydroxylation is 1. The summed E-state index contributed by atoms with van der Waals surface area (Å²) in [5.41, 5.74) is 10.2. The van der Waals surface area contributed by atoms with E-state index in [2.05, 4.69) is 5.32 Å². The summed E-state index contributed by atoms with van der Waals surface area (Å²) < 4.78 is 0. The number of carboxylic acid groups (broad SMARTS) is 1. The van der Waals surface area contributed by atoms with Crippen LogP contribution in [-0.4, -0.2) is 11.1 Å². The molecule has 0 saturated carbocycles. The number of nitrogens with two attached hydrogens (primary N) is 1. The van der Waals surface area contributed by atoms with E-state index in [1.807, 2.05) is 31.2 Å². The van der Waals surface area contributed by atoms with Crippen LogP contribution in [0.2, 0.25) is 0 Å². The Bertz CT molecular complexity index is 636. The highest BCUT2D eigenvalue weighted by atomic mass is 16.4. The smallest absolute Gasteiger partial charge is 0.336 e. The van der Waals surface area contributed by atoms with Gasteiger partial charge in [-0.1, -0.05) is 12.1 Å². The summed E-state index contributed by atoms with van der Waals surface area (Å²) >= 11 is 0. The lowest BCUT2D eigenvalue weighted by molar-refractivity contribution is 0.0696. The van der Waals surface area contributed by atoms with Crippen LogP contribution in [0.1, 0.15) is 21.5 Å². The summed E-state index contributed by atoms with van der Waals surface area (Å²) in [6, 6.07) is 10.8. The first-order chi connectivity index (χ1) is 8.99. The van der Waals surface area contributed by atoms with E-state index in [-0.39, 0.29) is 5.56 Å². The normalized spacial score (nSPS) is 10.2. The number of carbonyl (C=O) groups is 1. The Morgan fingerprint density at radius 2 is 1.89 bits per heavy atom. The minimum atomic E-state index is -0.932. The zero-order valence-electron chi connectivity index (χ0n) is 10.9. The summed E-state index contributed by atoms with van der Waals surface area (Å²) in [5.74, 6) is -0.932. The van der Waals surface area contributed by atoms with Crippen molar-refractivity contribution in [1.82, 2.24) is 0 Å². The van der Waals surface area contributed by atoms with Gasteiger partial charge in [0.2, 0.25) is 0 Å². The van der Waals surface area contributed by atoms with Crippen molar-refractivity contribution in [2.75, 3.05) is 11.1 Å². The van der Waals surface area contributed by atoms with E-state index >= 15 is 0 Å². The van der Waals surface area contributed by atoms with Crippen molar-refractivity contribution >= 4 is 23.0 Å². The van der Waals surface area contributed by atoms with Crippen LogP contribution in [0.3, 0.4) is 0 Å². The van der Waals surface area contributed by atoms with E-state index in [0.717, 1.165) is 16.9 Å². The Kier molecular flexibility index (Phi) is 3.42. The fourth-order valence-corrected chi connectivity index (χ4v) is 1.94. The molecule has 0 amide bonds. The SMILES string of the molecule is Cc1ccc(Nc2cccc(C(=O)O)c2C)c(N)c1. The highest BCUT2D eigenvalue weighted by Gasteiger charge is 2.10. The van der Waals surface area contributed by atoms with E-state index in [9.17, 15) is 4.79 Å². The van der Waals surface area contributed by atoms with Crippen LogP contribution in [0.5, 0.6) is 0 Å². The van der Waals surface area contributed by atoms with Crippen LogP contribution in [0.15, 0.2) is 36.4 Å². The number of hydrogen-bond donors (Lipinski definition) is 3. The lowest BCUT2D eigenvalue weighted by Crippen LogP contribution is -2.03. The molecule has 2 aromatic rings. The predicted molar refractivity (Wildman–Crippen MR) is 77.0 cm³/mol. The summed E-state index contributed by atoms with van der Waals surface area (Å²) in [4.78, 5) is 11.1. The third kappa shape index (κ3) is 2.68. The van der Waals surface area contributed by atoms with Crippen LogP contribution < -0.4 is 11.1 Å². The number of hydrogen-bond acceptors (Lipinski definition) is 3. The minimum absolute atomic E-state index is 0.288. The van der Waals surface area contributed by atoms with Crippen LogP contribution >= 0.6 is 0 Å². The van der Waals surface area contributed by atoms with Gasteiger partial charge in [-0.25, -0.2) is 4.79 Å². The quantitative estimate of drug-likeness (QED) is 0.736. The molecule has 4 N–H and O–H groups in total. The molecule has 98 valence electrons. The van der Waals surface area contributed by atoms with Crippen molar-refractivity contribution in [3.05, 3.63) is 53.1 Å². The summed E-state index contributed by atoms with van der Waals surface area (Å²) in [6.45, 7) is 3.74. The average Bonchev–Trinajstić information content (AvgIpc) is 2.34. The van der Waals surface area contributed by atoms with Crippen LogP contribution in [0.4, 0.5) is 17.1 Å². The fourth-order valence-electron chi connectivity index (χ4n) is 1.94. The zero-order chi connectivity index (χ0) is 14.0. The molecule has 4 nitrogen and oxygen atoms in total. The lowest BCUT2D eigenvalue weighted by Gasteiger charge is -2.13. The van der Waals surface area contributed by atoms with Crippen molar-refractivity contribution in [2.24, 2.45) is 0 Å². The molecule has 0 aliphatic heterocycles. The minimum Gasteiger partial charge on any atom is -0.478 e. The number of nitrogen functional groups attached to an aromatic ring is 1. The van der Waals surface area contributed by atoms with Gasteiger partial charge in [-0.05, 0) is 49.2 Å². The number of carboxylic acids is 1. The Morgan fingerprint density at radius 3 is 2.53 bits per heavy atom. The van der Waals surface area contributed by atoms with Gasteiger partial charge in [0.1, 0.15) is 0 Å². The number of nitrogens with one attached hydrogen (secondary N) is 1. The standard InChI is InChI=1S/C15H16N2O2/c1-9-6-7-14(12(16)8-9)17-13-5-3-4-11(10(13)2)15(18)19/h3-8,17H,16H2,1-2H3,(H,18,19). The molecule has 0 spiro atoms. The van der Waals surface area contributed by atoms with Crippen molar-refractivity contribution in [1.29, 1.82) is 0 Å². The Balaban J connectivity index is 2.38. The molecule has 0 aromatic heterocycles. The molecule has 0 unspecified atom stereocenters. The second kappa shape index (κ2) is 5.02. The third-order valence-corrected chi connectivity index (χ3v) is 3.04. The molecule has 2 aromatic carbocycles.